The van der Waals surface area contributed by atoms with Crippen LogP contribution in [0, 0.1) is 0 Å². The Morgan fingerprint density at radius 1 is 1.00 bits per heavy atom. The lowest BCUT2D eigenvalue weighted by molar-refractivity contribution is -0.138. The molecule has 0 aliphatic carbocycles. The number of carbonyl (C=O) groups excluding carboxylic acids is 1. The number of amidine groups is 1. The first-order chi connectivity index (χ1) is 24.2. The summed E-state index contributed by atoms with van der Waals surface area (Å²) in [6.45, 7) is 1.22. The number of aromatic nitrogens is 3. The highest BCUT2D eigenvalue weighted by Gasteiger charge is 2.27. The molecule has 1 saturated heterocycles. The van der Waals surface area contributed by atoms with E-state index in [0.29, 0.717) is 69.0 Å². The molecule has 0 bridgehead atoms. The Balaban J connectivity index is 1.15. The van der Waals surface area contributed by atoms with Crippen LogP contribution in [0.4, 0.5) is 0 Å². The van der Waals surface area contributed by atoms with Crippen molar-refractivity contribution in [2.24, 2.45) is 4.99 Å². The molecule has 0 unspecified atom stereocenters. The number of hydrogen-bond acceptors (Lipinski definition) is 9. The Bertz CT molecular complexity index is 2260. The number of aliphatic carboxylic acids is 1. The Labute approximate surface area is 296 Å². The quantitative estimate of drug-likeness (QED) is 0.163. The molecule has 4 N–H and O–H groups in total. The number of halogens is 2. The second kappa shape index (κ2) is 13.9. The molecule has 1 fully saturated rings. The Hall–Kier alpha value is -5.30. The monoisotopic (exact) mass is 711 g/mol. The normalized spacial score (nSPS) is 17.0. The van der Waals surface area contributed by atoms with Gasteiger partial charge >= 0.3 is 5.97 Å². The zero-order valence-electron chi connectivity index (χ0n) is 26.7. The van der Waals surface area contributed by atoms with Crippen molar-refractivity contribution < 1.29 is 19.4 Å². The summed E-state index contributed by atoms with van der Waals surface area (Å²) >= 11 is 14.1. The van der Waals surface area contributed by atoms with Crippen LogP contribution in [0.1, 0.15) is 24.0 Å². The van der Waals surface area contributed by atoms with Crippen molar-refractivity contribution in [2.45, 2.75) is 31.5 Å². The molecular formula is C36H31Cl2N7O5. The van der Waals surface area contributed by atoms with Crippen molar-refractivity contribution in [1.82, 2.24) is 30.3 Å². The first-order valence-electron chi connectivity index (χ1n) is 15.9. The molecule has 2 aromatic carbocycles. The predicted molar refractivity (Wildman–Crippen MR) is 191 cm³/mol. The lowest BCUT2D eigenvalue weighted by Gasteiger charge is -2.16. The number of ether oxygens (including phenoxy) is 1. The van der Waals surface area contributed by atoms with E-state index in [0.717, 1.165) is 17.5 Å². The summed E-state index contributed by atoms with van der Waals surface area (Å²) < 4.78 is 7.01. The van der Waals surface area contributed by atoms with Gasteiger partial charge in [0.15, 0.2) is 0 Å². The van der Waals surface area contributed by atoms with Crippen LogP contribution in [0.5, 0.6) is 5.88 Å². The number of benzene rings is 2. The van der Waals surface area contributed by atoms with Crippen molar-refractivity contribution in [3.8, 4) is 39.4 Å². The lowest BCUT2D eigenvalue weighted by Crippen LogP contribution is -2.39. The number of pyridine rings is 2. The fourth-order valence-electron chi connectivity index (χ4n) is 6.19. The van der Waals surface area contributed by atoms with Crippen molar-refractivity contribution in [1.29, 1.82) is 0 Å². The van der Waals surface area contributed by atoms with E-state index in [9.17, 15) is 19.5 Å². The molecule has 5 heterocycles. The Kier molecular flexibility index (Phi) is 9.23. The average Bonchev–Trinajstić information content (AvgIpc) is 3.78. The molecule has 0 radical (unpaired) electrons. The third kappa shape index (κ3) is 6.40. The van der Waals surface area contributed by atoms with Crippen LogP contribution in [-0.2, 0) is 16.1 Å². The molecule has 14 heteroatoms. The number of rotatable bonds is 10. The van der Waals surface area contributed by atoms with Gasteiger partial charge in [-0.25, -0.2) is 14.8 Å². The first-order valence-corrected chi connectivity index (χ1v) is 16.6. The van der Waals surface area contributed by atoms with Crippen molar-refractivity contribution in [2.75, 3.05) is 20.2 Å². The van der Waals surface area contributed by atoms with E-state index in [2.05, 4.69) is 25.9 Å². The standard InChI is InChI=1S/C36H31Cl2N7O5/c1-50-34-20(15-39-16-21-9-11-30(46)42-21)8-10-27(44-34)25-7-3-6-24(32(25)38)23-5-2-4-22(31(23)37)19-12-13-45-29(14-19)40-17-26(35(45)47)33-41-18-28(43-33)36(48)49/h2-8,10,12-14,17,21,28,39H,9,11,15-16,18H2,1H3,(H,41,43)(H,42,46)(H,48,49)/t21-,28+/m1/s1. The third-order valence-electron chi connectivity index (χ3n) is 8.80. The zero-order valence-corrected chi connectivity index (χ0v) is 28.3. The van der Waals surface area contributed by atoms with E-state index in [1.807, 2.05) is 48.5 Å². The summed E-state index contributed by atoms with van der Waals surface area (Å²) in [6.07, 6.45) is 4.37. The molecule has 1 amide bonds. The number of carbonyl (C=O) groups is 2. The van der Waals surface area contributed by atoms with Gasteiger partial charge in [-0.3, -0.25) is 19.0 Å². The van der Waals surface area contributed by atoms with Gasteiger partial charge in [0.05, 0.1) is 29.4 Å². The van der Waals surface area contributed by atoms with Gasteiger partial charge in [-0.2, -0.15) is 0 Å². The molecule has 3 aromatic heterocycles. The van der Waals surface area contributed by atoms with Gasteiger partial charge in [0.2, 0.25) is 11.8 Å². The molecule has 0 spiro atoms. The van der Waals surface area contributed by atoms with Crippen molar-refractivity contribution >= 4 is 46.6 Å². The van der Waals surface area contributed by atoms with Crippen LogP contribution in [-0.4, -0.2) is 69.5 Å². The van der Waals surface area contributed by atoms with Gasteiger partial charge in [-0.15, -0.1) is 0 Å². The van der Waals surface area contributed by atoms with Crippen LogP contribution < -0.4 is 26.2 Å². The van der Waals surface area contributed by atoms with Crippen LogP contribution in [0.2, 0.25) is 10.0 Å². The first kappa shape index (κ1) is 33.2. The van der Waals surface area contributed by atoms with Gasteiger partial charge in [0, 0.05) is 65.8 Å². The van der Waals surface area contributed by atoms with Gasteiger partial charge < -0.3 is 25.8 Å². The number of carboxylic acid groups (broad SMARTS) is 1. The van der Waals surface area contributed by atoms with E-state index in [1.165, 1.54) is 10.6 Å². The zero-order chi connectivity index (χ0) is 34.9. The van der Waals surface area contributed by atoms with Gasteiger partial charge in [0.1, 0.15) is 23.1 Å². The molecule has 2 atom stereocenters. The van der Waals surface area contributed by atoms with Crippen molar-refractivity contribution in [3.63, 3.8) is 0 Å². The van der Waals surface area contributed by atoms with E-state index in [4.69, 9.17) is 32.9 Å². The molecule has 5 aromatic rings. The molecule has 12 nitrogen and oxygen atoms in total. The van der Waals surface area contributed by atoms with Gasteiger partial charge in [-0.05, 0) is 30.2 Å². The minimum absolute atomic E-state index is 0.0340. The number of aliphatic imine (C=N–C) groups is 1. The Morgan fingerprint density at radius 3 is 2.44 bits per heavy atom. The summed E-state index contributed by atoms with van der Waals surface area (Å²) in [4.78, 5) is 49.5. The number of methoxy groups -OCH3 is 1. The van der Waals surface area contributed by atoms with E-state index < -0.39 is 12.0 Å². The summed E-state index contributed by atoms with van der Waals surface area (Å²) in [6, 6.07) is 17.9. The number of amides is 1. The highest BCUT2D eigenvalue weighted by Crippen LogP contribution is 2.42. The summed E-state index contributed by atoms with van der Waals surface area (Å²) in [5, 5.41) is 19.3. The second-order valence-corrected chi connectivity index (χ2v) is 12.7. The maximum Gasteiger partial charge on any atom is 0.328 e. The molecule has 2 aliphatic rings. The smallest absolute Gasteiger partial charge is 0.328 e. The molecule has 2 aliphatic heterocycles. The minimum Gasteiger partial charge on any atom is -0.481 e. The minimum atomic E-state index is -1.04. The van der Waals surface area contributed by atoms with Crippen LogP contribution in [0.15, 0.2) is 82.8 Å². The molecule has 7 rings (SSSR count). The average molecular weight is 713 g/mol. The summed E-state index contributed by atoms with van der Waals surface area (Å²) in [5.74, 6) is -0.283. The number of hydrogen-bond donors (Lipinski definition) is 4. The predicted octanol–water partition coefficient (Wildman–Crippen LogP) is 4.58. The SMILES string of the molecule is COc1nc(-c2cccc(-c3cccc(-c4ccn5c(=O)c(C6=NC[C@@H](C(=O)O)N6)cnc5c4)c3Cl)c2Cl)ccc1CNC[C@H]1CCC(=O)N1. The fraction of sp³-hybridized carbons (Fsp3) is 0.222. The summed E-state index contributed by atoms with van der Waals surface area (Å²) in [7, 11) is 1.58. The molecule has 254 valence electrons. The number of fused-ring (bicyclic) bond motifs is 1. The topological polar surface area (TPSA) is 159 Å². The highest BCUT2D eigenvalue weighted by atomic mass is 35.5. The maximum absolute atomic E-state index is 13.3. The van der Waals surface area contributed by atoms with Crippen LogP contribution in [0.3, 0.4) is 0 Å². The molecular weight excluding hydrogens is 681 g/mol. The van der Waals surface area contributed by atoms with Crippen LogP contribution >= 0.6 is 23.2 Å². The number of nitrogens with zero attached hydrogens (tertiary/aromatic N) is 4. The fourth-order valence-corrected chi connectivity index (χ4v) is 6.85. The van der Waals surface area contributed by atoms with E-state index >= 15 is 0 Å². The van der Waals surface area contributed by atoms with Gasteiger partial charge in [0.25, 0.3) is 5.56 Å². The lowest BCUT2D eigenvalue weighted by atomic mass is 9.97. The molecule has 50 heavy (non-hydrogen) atoms. The maximum atomic E-state index is 13.3. The second-order valence-electron chi connectivity index (χ2n) is 12.0. The number of nitrogens with one attached hydrogen (secondary N) is 3. The third-order valence-corrected chi connectivity index (χ3v) is 9.62. The largest absolute Gasteiger partial charge is 0.481 e. The van der Waals surface area contributed by atoms with E-state index in [-0.39, 0.29) is 35.5 Å². The van der Waals surface area contributed by atoms with Gasteiger partial charge in [-0.1, -0.05) is 65.7 Å². The molecule has 0 saturated carbocycles. The highest BCUT2D eigenvalue weighted by molar-refractivity contribution is 6.39. The number of carboxylic acids is 1. The van der Waals surface area contributed by atoms with Crippen molar-refractivity contribution in [3.05, 3.63) is 105 Å². The summed E-state index contributed by atoms with van der Waals surface area (Å²) in [5.41, 5.74) is 5.28. The van der Waals surface area contributed by atoms with E-state index in [1.54, 1.807) is 25.4 Å². The Morgan fingerprint density at radius 2 is 1.74 bits per heavy atom. The van der Waals surface area contributed by atoms with Crippen LogP contribution in [0.25, 0.3) is 39.2 Å².